The zero-order valence-corrected chi connectivity index (χ0v) is 13.7. The molecule has 0 aliphatic rings. The number of nitrogens with zero attached hydrogens (tertiary/aromatic N) is 2. The Hall–Kier alpha value is -1.33. The van der Waals surface area contributed by atoms with Crippen LogP contribution in [0.2, 0.25) is 5.02 Å². The second kappa shape index (κ2) is 6.90. The zero-order valence-electron chi connectivity index (χ0n) is 11.4. The summed E-state index contributed by atoms with van der Waals surface area (Å²) in [6, 6.07) is 7.46. The van der Waals surface area contributed by atoms with Crippen LogP contribution in [-0.2, 0) is 6.42 Å². The molecule has 20 heavy (non-hydrogen) atoms. The van der Waals surface area contributed by atoms with Gasteiger partial charge in [0.2, 0.25) is 0 Å². The first-order valence-corrected chi connectivity index (χ1v) is 7.57. The summed E-state index contributed by atoms with van der Waals surface area (Å²) in [6.45, 7) is 2.11. The van der Waals surface area contributed by atoms with Crippen LogP contribution in [0.25, 0.3) is 0 Å². The predicted octanol–water partition coefficient (Wildman–Crippen LogP) is 4.63. The molecule has 2 rings (SSSR count). The van der Waals surface area contributed by atoms with Crippen LogP contribution in [0.3, 0.4) is 0 Å². The molecule has 1 aromatic heterocycles. The molecule has 2 N–H and O–H groups in total. The molecule has 6 heteroatoms. The fourth-order valence-corrected chi connectivity index (χ4v) is 2.54. The Balaban J connectivity index is 2.29. The first-order chi connectivity index (χ1) is 9.62. The zero-order chi connectivity index (χ0) is 14.5. The molecule has 4 nitrogen and oxygen atoms in total. The molecular weight excluding hydrogens is 340 g/mol. The van der Waals surface area contributed by atoms with Crippen LogP contribution in [0, 0.1) is 0 Å². The van der Waals surface area contributed by atoms with Gasteiger partial charge in [0.1, 0.15) is 17.5 Å². The van der Waals surface area contributed by atoms with Crippen molar-refractivity contribution in [2.75, 3.05) is 17.7 Å². The first kappa shape index (κ1) is 15.1. The van der Waals surface area contributed by atoms with Gasteiger partial charge in [-0.1, -0.05) is 18.5 Å². The van der Waals surface area contributed by atoms with Crippen molar-refractivity contribution >= 4 is 44.9 Å². The smallest absolute Gasteiger partial charge is 0.136 e. The lowest BCUT2D eigenvalue weighted by molar-refractivity contribution is 0.838. The van der Waals surface area contributed by atoms with Gasteiger partial charge >= 0.3 is 0 Å². The average molecular weight is 356 g/mol. The summed E-state index contributed by atoms with van der Waals surface area (Å²) >= 11 is 9.42. The van der Waals surface area contributed by atoms with Crippen LogP contribution < -0.4 is 10.6 Å². The van der Waals surface area contributed by atoms with Crippen molar-refractivity contribution in [3.63, 3.8) is 0 Å². The largest absolute Gasteiger partial charge is 0.373 e. The number of aromatic nitrogens is 2. The van der Waals surface area contributed by atoms with Crippen molar-refractivity contribution < 1.29 is 0 Å². The number of benzene rings is 1. The number of nitrogens with one attached hydrogen (secondary N) is 2. The Labute approximate surface area is 132 Å². The fraction of sp³-hybridized carbons (Fsp3) is 0.286. The van der Waals surface area contributed by atoms with E-state index in [-0.39, 0.29) is 0 Å². The third kappa shape index (κ3) is 3.84. The lowest BCUT2D eigenvalue weighted by Gasteiger charge is -2.11. The SMILES string of the molecule is CCCc1nc(NC)cc(Nc2ccc(Cl)cc2Br)n1. The molecule has 0 saturated carbocycles. The van der Waals surface area contributed by atoms with Gasteiger partial charge in [-0.25, -0.2) is 9.97 Å². The van der Waals surface area contributed by atoms with E-state index in [2.05, 4.69) is 43.5 Å². The Morgan fingerprint density at radius 2 is 1.95 bits per heavy atom. The van der Waals surface area contributed by atoms with Gasteiger partial charge in [-0.05, 0) is 40.5 Å². The number of anilines is 3. The molecule has 2 aromatic rings. The van der Waals surface area contributed by atoms with Crippen LogP contribution in [-0.4, -0.2) is 17.0 Å². The van der Waals surface area contributed by atoms with E-state index in [1.54, 1.807) is 0 Å². The Morgan fingerprint density at radius 1 is 1.20 bits per heavy atom. The van der Waals surface area contributed by atoms with Crippen LogP contribution >= 0.6 is 27.5 Å². The molecule has 0 fully saturated rings. The molecule has 0 saturated heterocycles. The lowest BCUT2D eigenvalue weighted by Crippen LogP contribution is -2.04. The summed E-state index contributed by atoms with van der Waals surface area (Å²) in [5, 5.41) is 7.02. The van der Waals surface area contributed by atoms with Crippen molar-refractivity contribution in [2.24, 2.45) is 0 Å². The molecule has 0 atom stereocenters. The van der Waals surface area contributed by atoms with E-state index in [0.29, 0.717) is 5.02 Å². The molecular formula is C14H16BrClN4. The van der Waals surface area contributed by atoms with Gasteiger partial charge < -0.3 is 10.6 Å². The van der Waals surface area contributed by atoms with Crippen LogP contribution in [0.4, 0.5) is 17.3 Å². The van der Waals surface area contributed by atoms with Gasteiger partial charge in [-0.15, -0.1) is 0 Å². The quantitative estimate of drug-likeness (QED) is 0.821. The highest BCUT2D eigenvalue weighted by molar-refractivity contribution is 9.10. The van der Waals surface area contributed by atoms with E-state index in [4.69, 9.17) is 11.6 Å². The van der Waals surface area contributed by atoms with Crippen LogP contribution in [0.1, 0.15) is 19.2 Å². The van der Waals surface area contributed by atoms with Crippen LogP contribution in [0.5, 0.6) is 0 Å². The summed E-state index contributed by atoms with van der Waals surface area (Å²) in [4.78, 5) is 8.94. The normalized spacial score (nSPS) is 10.4. The van der Waals surface area contributed by atoms with Crippen molar-refractivity contribution in [3.05, 3.63) is 39.6 Å². The summed E-state index contributed by atoms with van der Waals surface area (Å²) in [5.41, 5.74) is 0.914. The summed E-state index contributed by atoms with van der Waals surface area (Å²) < 4.78 is 0.895. The maximum absolute atomic E-state index is 5.94. The minimum atomic E-state index is 0.688. The minimum Gasteiger partial charge on any atom is -0.373 e. The second-order valence-corrected chi connectivity index (χ2v) is 5.59. The standard InChI is InChI=1S/C14H16BrClN4/c1-3-4-12-19-13(17-2)8-14(20-12)18-11-6-5-9(16)7-10(11)15/h5-8H,3-4H2,1-2H3,(H2,17,18,19,20). The highest BCUT2D eigenvalue weighted by Gasteiger charge is 2.06. The third-order valence-electron chi connectivity index (χ3n) is 2.70. The van der Waals surface area contributed by atoms with Gasteiger partial charge in [-0.3, -0.25) is 0 Å². The van der Waals surface area contributed by atoms with Crippen molar-refractivity contribution in [2.45, 2.75) is 19.8 Å². The minimum absolute atomic E-state index is 0.688. The Kier molecular flexibility index (Phi) is 5.20. The molecule has 1 heterocycles. The fourth-order valence-electron chi connectivity index (χ4n) is 1.75. The van der Waals surface area contributed by atoms with Gasteiger partial charge in [-0.2, -0.15) is 0 Å². The summed E-state index contributed by atoms with van der Waals surface area (Å²) in [5.74, 6) is 2.39. The second-order valence-electron chi connectivity index (χ2n) is 4.30. The maximum Gasteiger partial charge on any atom is 0.136 e. The van der Waals surface area contributed by atoms with E-state index in [9.17, 15) is 0 Å². The van der Waals surface area contributed by atoms with Crippen molar-refractivity contribution in [1.29, 1.82) is 0 Å². The number of hydrogen-bond donors (Lipinski definition) is 2. The molecule has 0 bridgehead atoms. The lowest BCUT2D eigenvalue weighted by atomic mass is 10.3. The molecule has 106 valence electrons. The van der Waals surface area contributed by atoms with Crippen molar-refractivity contribution in [1.82, 2.24) is 9.97 Å². The monoisotopic (exact) mass is 354 g/mol. The molecule has 0 unspecified atom stereocenters. The van der Waals surface area contributed by atoms with E-state index in [1.807, 2.05) is 31.3 Å². The Bertz CT molecular complexity index is 604. The van der Waals surface area contributed by atoms with Gasteiger partial charge in [0.15, 0.2) is 0 Å². The maximum atomic E-state index is 5.94. The molecule has 0 aliphatic heterocycles. The molecule has 0 amide bonds. The van der Waals surface area contributed by atoms with Gasteiger partial charge in [0, 0.05) is 29.0 Å². The predicted molar refractivity (Wildman–Crippen MR) is 88.0 cm³/mol. The molecule has 0 radical (unpaired) electrons. The highest BCUT2D eigenvalue weighted by Crippen LogP contribution is 2.28. The van der Waals surface area contributed by atoms with E-state index < -0.39 is 0 Å². The molecule has 1 aromatic carbocycles. The van der Waals surface area contributed by atoms with Crippen LogP contribution in [0.15, 0.2) is 28.7 Å². The van der Waals surface area contributed by atoms with E-state index in [1.165, 1.54) is 0 Å². The average Bonchev–Trinajstić information content (AvgIpc) is 2.42. The van der Waals surface area contributed by atoms with Crippen molar-refractivity contribution in [3.8, 4) is 0 Å². The molecule has 0 aliphatic carbocycles. The molecule has 0 spiro atoms. The summed E-state index contributed by atoms with van der Waals surface area (Å²) in [6.07, 6.45) is 1.86. The number of hydrogen-bond acceptors (Lipinski definition) is 4. The number of aryl methyl sites for hydroxylation is 1. The highest BCUT2D eigenvalue weighted by atomic mass is 79.9. The number of halogens is 2. The van der Waals surface area contributed by atoms with E-state index >= 15 is 0 Å². The summed E-state index contributed by atoms with van der Waals surface area (Å²) in [7, 11) is 1.85. The third-order valence-corrected chi connectivity index (χ3v) is 3.59. The first-order valence-electron chi connectivity index (χ1n) is 6.40. The Morgan fingerprint density at radius 3 is 2.60 bits per heavy atom. The van der Waals surface area contributed by atoms with E-state index in [0.717, 1.165) is 40.5 Å². The van der Waals surface area contributed by atoms with Gasteiger partial charge in [0.05, 0.1) is 5.69 Å². The number of rotatable bonds is 5. The van der Waals surface area contributed by atoms with Gasteiger partial charge in [0.25, 0.3) is 0 Å². The topological polar surface area (TPSA) is 49.8 Å².